The lowest BCUT2D eigenvalue weighted by Gasteiger charge is -2.16. The lowest BCUT2D eigenvalue weighted by atomic mass is 10.2. The second-order valence-electron chi connectivity index (χ2n) is 3.40. The average Bonchev–Trinajstić information content (AvgIpc) is 2.14. The van der Waals surface area contributed by atoms with Crippen molar-refractivity contribution in [2.45, 2.75) is 47.0 Å². The lowest BCUT2D eigenvalue weighted by molar-refractivity contribution is 0.479. The Balaban J connectivity index is 4.08. The van der Waals surface area contributed by atoms with E-state index < -0.39 is 0 Å². The van der Waals surface area contributed by atoms with Crippen molar-refractivity contribution in [3.05, 3.63) is 24.0 Å². The van der Waals surface area contributed by atoms with Gasteiger partial charge >= 0.3 is 0 Å². The van der Waals surface area contributed by atoms with Crippen LogP contribution in [-0.2, 0) is 0 Å². The van der Waals surface area contributed by atoms with Crippen molar-refractivity contribution in [1.82, 2.24) is 4.90 Å². The van der Waals surface area contributed by atoms with Crippen LogP contribution >= 0.6 is 0 Å². The number of allylic oxidation sites excluding steroid dienone is 2. The highest BCUT2D eigenvalue weighted by atomic mass is 15.1. The van der Waals surface area contributed by atoms with E-state index in [1.807, 2.05) is 0 Å². The highest BCUT2D eigenvalue weighted by Gasteiger charge is 1.94. The third-order valence-corrected chi connectivity index (χ3v) is 2.05. The van der Waals surface area contributed by atoms with Gasteiger partial charge in [0.2, 0.25) is 0 Å². The zero-order valence-electron chi connectivity index (χ0n) is 9.51. The second kappa shape index (κ2) is 7.90. The summed E-state index contributed by atoms with van der Waals surface area (Å²) in [6, 6.07) is 0. The van der Waals surface area contributed by atoms with Gasteiger partial charge in [0.05, 0.1) is 0 Å². The maximum atomic E-state index is 2.28. The summed E-state index contributed by atoms with van der Waals surface area (Å²) < 4.78 is 0. The quantitative estimate of drug-likeness (QED) is 0.600. The predicted octanol–water partition coefficient (Wildman–Crippen LogP) is 3.94. The third kappa shape index (κ3) is 6.44. The molecule has 0 heterocycles. The Kier molecular flexibility index (Phi) is 7.47. The molecular formula is C12H23N. The molecular weight excluding hydrogens is 158 g/mol. The summed E-state index contributed by atoms with van der Waals surface area (Å²) in [5.41, 5.74) is 1.44. The van der Waals surface area contributed by atoms with Gasteiger partial charge < -0.3 is 4.90 Å². The highest BCUT2D eigenvalue weighted by molar-refractivity contribution is 4.99. The predicted molar refractivity (Wildman–Crippen MR) is 60.5 cm³/mol. The Bertz CT molecular complexity index is 168. The van der Waals surface area contributed by atoms with Crippen molar-refractivity contribution in [2.75, 3.05) is 6.54 Å². The van der Waals surface area contributed by atoms with E-state index in [1.165, 1.54) is 18.4 Å². The monoisotopic (exact) mass is 181 g/mol. The van der Waals surface area contributed by atoms with Crippen LogP contribution in [-0.4, -0.2) is 11.4 Å². The molecule has 0 saturated carbocycles. The van der Waals surface area contributed by atoms with Gasteiger partial charge in [0.15, 0.2) is 0 Å². The van der Waals surface area contributed by atoms with E-state index in [4.69, 9.17) is 0 Å². The molecule has 0 aliphatic carbocycles. The molecule has 0 bridgehead atoms. The van der Waals surface area contributed by atoms with Gasteiger partial charge in [0, 0.05) is 12.7 Å². The van der Waals surface area contributed by atoms with Gasteiger partial charge in [-0.1, -0.05) is 31.9 Å². The molecule has 0 aromatic carbocycles. The topological polar surface area (TPSA) is 3.24 Å². The molecule has 0 aliphatic heterocycles. The van der Waals surface area contributed by atoms with Crippen LogP contribution in [0.5, 0.6) is 0 Å². The molecule has 0 N–H and O–H groups in total. The Morgan fingerprint density at radius 3 is 2.46 bits per heavy atom. The van der Waals surface area contributed by atoms with Gasteiger partial charge in [0.1, 0.15) is 0 Å². The van der Waals surface area contributed by atoms with Crippen LogP contribution in [0, 0.1) is 0 Å². The first kappa shape index (κ1) is 12.3. The maximum Gasteiger partial charge on any atom is 0.0219 e. The zero-order valence-corrected chi connectivity index (χ0v) is 9.51. The minimum absolute atomic E-state index is 1.14. The SMILES string of the molecule is C/C=C\N(/C=C(\C)CC)CCCC. The fourth-order valence-electron chi connectivity index (χ4n) is 1.09. The number of unbranched alkanes of at least 4 members (excludes halogenated alkanes) is 1. The van der Waals surface area contributed by atoms with Crippen molar-refractivity contribution >= 4 is 0 Å². The average molecular weight is 181 g/mol. The molecule has 1 nitrogen and oxygen atoms in total. The minimum atomic E-state index is 1.14. The maximum absolute atomic E-state index is 2.28. The van der Waals surface area contributed by atoms with E-state index >= 15 is 0 Å². The van der Waals surface area contributed by atoms with Crippen LogP contribution in [0.1, 0.15) is 47.0 Å². The van der Waals surface area contributed by atoms with Crippen LogP contribution in [0.4, 0.5) is 0 Å². The van der Waals surface area contributed by atoms with Crippen molar-refractivity contribution in [3.63, 3.8) is 0 Å². The first-order valence-corrected chi connectivity index (χ1v) is 5.30. The molecule has 0 radical (unpaired) electrons. The molecule has 0 atom stereocenters. The zero-order chi connectivity index (χ0) is 10.1. The molecule has 0 spiro atoms. The van der Waals surface area contributed by atoms with Crippen molar-refractivity contribution < 1.29 is 0 Å². The Morgan fingerprint density at radius 1 is 1.31 bits per heavy atom. The Hall–Kier alpha value is -0.720. The Morgan fingerprint density at radius 2 is 2.00 bits per heavy atom. The molecule has 1 heteroatoms. The van der Waals surface area contributed by atoms with Gasteiger partial charge in [-0.25, -0.2) is 0 Å². The molecule has 0 unspecified atom stereocenters. The van der Waals surface area contributed by atoms with Crippen LogP contribution in [0.2, 0.25) is 0 Å². The first-order valence-electron chi connectivity index (χ1n) is 5.30. The highest BCUT2D eigenvalue weighted by Crippen LogP contribution is 2.04. The molecule has 0 fully saturated rings. The molecule has 0 saturated heterocycles. The Labute approximate surface area is 83.1 Å². The van der Waals surface area contributed by atoms with Crippen molar-refractivity contribution in [1.29, 1.82) is 0 Å². The fourth-order valence-corrected chi connectivity index (χ4v) is 1.09. The number of nitrogens with zero attached hydrogens (tertiary/aromatic N) is 1. The van der Waals surface area contributed by atoms with E-state index in [-0.39, 0.29) is 0 Å². The number of hydrogen-bond acceptors (Lipinski definition) is 1. The van der Waals surface area contributed by atoms with E-state index in [9.17, 15) is 0 Å². The minimum Gasteiger partial charge on any atom is -0.355 e. The normalized spacial score (nSPS) is 12.5. The van der Waals surface area contributed by atoms with Crippen LogP contribution < -0.4 is 0 Å². The van der Waals surface area contributed by atoms with Gasteiger partial charge in [0.25, 0.3) is 0 Å². The van der Waals surface area contributed by atoms with Gasteiger partial charge in [-0.3, -0.25) is 0 Å². The van der Waals surface area contributed by atoms with Crippen LogP contribution in [0.3, 0.4) is 0 Å². The third-order valence-electron chi connectivity index (χ3n) is 2.05. The summed E-state index contributed by atoms with van der Waals surface area (Å²) in [5.74, 6) is 0. The molecule has 0 rings (SSSR count). The standard InChI is InChI=1S/C12H23N/c1-5-8-10-13(9-6-2)11-12(4)7-3/h6,9,11H,5,7-8,10H2,1-4H3/b9-6-,12-11+. The summed E-state index contributed by atoms with van der Waals surface area (Å²) in [4.78, 5) is 2.28. The van der Waals surface area contributed by atoms with E-state index in [2.05, 4.69) is 51.1 Å². The van der Waals surface area contributed by atoms with E-state index in [0.717, 1.165) is 13.0 Å². The summed E-state index contributed by atoms with van der Waals surface area (Å²) in [6.45, 7) is 9.80. The molecule has 0 amide bonds. The summed E-state index contributed by atoms with van der Waals surface area (Å²) in [6.07, 6.45) is 10.1. The molecule has 76 valence electrons. The summed E-state index contributed by atoms with van der Waals surface area (Å²) in [7, 11) is 0. The van der Waals surface area contributed by atoms with Crippen LogP contribution in [0.25, 0.3) is 0 Å². The second-order valence-corrected chi connectivity index (χ2v) is 3.40. The summed E-state index contributed by atoms with van der Waals surface area (Å²) >= 11 is 0. The lowest BCUT2D eigenvalue weighted by Crippen LogP contribution is -2.11. The van der Waals surface area contributed by atoms with Crippen LogP contribution in [0.15, 0.2) is 24.0 Å². The molecule has 0 aromatic rings. The summed E-state index contributed by atoms with van der Waals surface area (Å²) in [5, 5.41) is 0. The van der Waals surface area contributed by atoms with E-state index in [1.54, 1.807) is 0 Å². The molecule has 0 aliphatic rings. The van der Waals surface area contributed by atoms with Gasteiger partial charge in [-0.05, 0) is 32.9 Å². The molecule has 0 aromatic heterocycles. The number of hydrogen-bond donors (Lipinski definition) is 0. The van der Waals surface area contributed by atoms with Gasteiger partial charge in [-0.15, -0.1) is 0 Å². The largest absolute Gasteiger partial charge is 0.355 e. The van der Waals surface area contributed by atoms with Gasteiger partial charge in [-0.2, -0.15) is 0 Å². The van der Waals surface area contributed by atoms with Crippen molar-refractivity contribution in [3.8, 4) is 0 Å². The van der Waals surface area contributed by atoms with Crippen molar-refractivity contribution in [2.24, 2.45) is 0 Å². The number of rotatable bonds is 6. The first-order chi connectivity index (χ1) is 6.24. The van der Waals surface area contributed by atoms with E-state index in [0.29, 0.717) is 0 Å². The molecule has 13 heavy (non-hydrogen) atoms. The fraction of sp³-hybridized carbons (Fsp3) is 0.667. The smallest absolute Gasteiger partial charge is 0.0219 e.